The number of rotatable bonds is 3. The van der Waals surface area contributed by atoms with E-state index >= 15 is 0 Å². The normalized spacial score (nSPS) is 25.2. The third-order valence-electron chi connectivity index (χ3n) is 3.50. The van der Waals surface area contributed by atoms with Crippen LogP contribution in [0.5, 0.6) is 0 Å². The fraction of sp³-hybridized carbons (Fsp3) is 0.769. The number of hydrogen-bond acceptors (Lipinski definition) is 3. The molecule has 18 heavy (non-hydrogen) atoms. The van der Waals surface area contributed by atoms with Crippen molar-refractivity contribution >= 4 is 12.4 Å². The molecule has 2 heterocycles. The fourth-order valence-corrected chi connectivity index (χ4v) is 2.46. The van der Waals surface area contributed by atoms with Gasteiger partial charge in [-0.1, -0.05) is 0 Å². The molecule has 0 saturated carbocycles. The minimum Gasteiger partial charge on any atom is -0.311 e. The van der Waals surface area contributed by atoms with E-state index < -0.39 is 0 Å². The summed E-state index contributed by atoms with van der Waals surface area (Å²) < 4.78 is 2.12. The first kappa shape index (κ1) is 15.5. The molecule has 0 aliphatic carbocycles. The maximum Gasteiger partial charge on any atom is 0.0527 e. The van der Waals surface area contributed by atoms with Crippen molar-refractivity contribution in [2.75, 3.05) is 13.1 Å². The van der Waals surface area contributed by atoms with Crippen molar-refractivity contribution in [3.8, 4) is 0 Å². The van der Waals surface area contributed by atoms with Gasteiger partial charge < -0.3 is 5.32 Å². The molecule has 1 aliphatic rings. The predicted molar refractivity (Wildman–Crippen MR) is 77.2 cm³/mol. The maximum absolute atomic E-state index is 4.40. The van der Waals surface area contributed by atoms with Crippen molar-refractivity contribution in [1.82, 2.24) is 20.0 Å². The second-order valence-electron chi connectivity index (χ2n) is 5.45. The number of hydrogen-bond donors (Lipinski definition) is 1. The Balaban J connectivity index is 0.00000162. The van der Waals surface area contributed by atoms with Crippen molar-refractivity contribution in [2.24, 2.45) is 0 Å². The Morgan fingerprint density at radius 3 is 2.83 bits per heavy atom. The van der Waals surface area contributed by atoms with Crippen LogP contribution in [-0.2, 0) is 6.54 Å². The van der Waals surface area contributed by atoms with Gasteiger partial charge in [-0.15, -0.1) is 12.4 Å². The molecule has 1 N–H and O–H groups in total. The topological polar surface area (TPSA) is 33.1 Å². The van der Waals surface area contributed by atoms with E-state index in [2.05, 4.69) is 53.8 Å². The molecule has 2 atom stereocenters. The van der Waals surface area contributed by atoms with Gasteiger partial charge in [-0.25, -0.2) is 0 Å². The van der Waals surface area contributed by atoms with Crippen molar-refractivity contribution < 1.29 is 0 Å². The van der Waals surface area contributed by atoms with Gasteiger partial charge in [-0.3, -0.25) is 9.58 Å². The summed E-state index contributed by atoms with van der Waals surface area (Å²) in [5.74, 6) is 0. The monoisotopic (exact) mass is 272 g/mol. The quantitative estimate of drug-likeness (QED) is 0.915. The van der Waals surface area contributed by atoms with Crippen LogP contribution in [0.15, 0.2) is 12.3 Å². The third-order valence-corrected chi connectivity index (χ3v) is 3.50. The Morgan fingerprint density at radius 2 is 2.17 bits per heavy atom. The highest BCUT2D eigenvalue weighted by Crippen LogP contribution is 2.14. The molecule has 2 rings (SSSR count). The van der Waals surface area contributed by atoms with E-state index in [1.165, 1.54) is 5.69 Å². The summed E-state index contributed by atoms with van der Waals surface area (Å²) in [4.78, 5) is 2.54. The Morgan fingerprint density at radius 1 is 1.44 bits per heavy atom. The Hall–Kier alpha value is -0.580. The van der Waals surface area contributed by atoms with E-state index in [1.54, 1.807) is 0 Å². The van der Waals surface area contributed by atoms with Crippen LogP contribution in [0.25, 0.3) is 0 Å². The number of halogens is 1. The lowest BCUT2D eigenvalue weighted by molar-refractivity contribution is 0.134. The summed E-state index contributed by atoms with van der Waals surface area (Å²) in [6.07, 6.45) is 1.91. The zero-order valence-electron chi connectivity index (χ0n) is 11.8. The van der Waals surface area contributed by atoms with Gasteiger partial charge in [0.2, 0.25) is 0 Å². The van der Waals surface area contributed by atoms with Gasteiger partial charge >= 0.3 is 0 Å². The maximum atomic E-state index is 4.40. The van der Waals surface area contributed by atoms with Gasteiger partial charge in [0.1, 0.15) is 0 Å². The molecule has 104 valence electrons. The van der Waals surface area contributed by atoms with Crippen molar-refractivity contribution in [3.05, 3.63) is 18.0 Å². The molecule has 0 amide bonds. The highest BCUT2D eigenvalue weighted by atomic mass is 35.5. The lowest BCUT2D eigenvalue weighted by Gasteiger charge is -2.37. The molecule has 1 aromatic rings. The third kappa shape index (κ3) is 3.46. The molecule has 1 fully saturated rings. The van der Waals surface area contributed by atoms with E-state index in [0.29, 0.717) is 18.1 Å². The Labute approximate surface area is 116 Å². The van der Waals surface area contributed by atoms with Crippen molar-refractivity contribution in [3.63, 3.8) is 0 Å². The minimum absolute atomic E-state index is 0. The number of aromatic nitrogens is 2. The van der Waals surface area contributed by atoms with Crippen molar-refractivity contribution in [2.45, 2.75) is 52.4 Å². The zero-order chi connectivity index (χ0) is 12.4. The smallest absolute Gasteiger partial charge is 0.0527 e. The van der Waals surface area contributed by atoms with Gasteiger partial charge in [0, 0.05) is 44.0 Å². The molecule has 0 radical (unpaired) electrons. The summed E-state index contributed by atoms with van der Waals surface area (Å²) in [6, 6.07) is 3.76. The van der Waals surface area contributed by atoms with Crippen LogP contribution in [0, 0.1) is 0 Å². The highest BCUT2D eigenvalue weighted by molar-refractivity contribution is 5.85. The van der Waals surface area contributed by atoms with Crippen LogP contribution < -0.4 is 5.32 Å². The summed E-state index contributed by atoms with van der Waals surface area (Å²) in [5, 5.41) is 7.91. The van der Waals surface area contributed by atoms with Crippen LogP contribution in [-0.4, -0.2) is 39.9 Å². The molecule has 1 aliphatic heterocycles. The van der Waals surface area contributed by atoms with Crippen LogP contribution >= 0.6 is 12.4 Å². The molecule has 0 bridgehead atoms. The van der Waals surface area contributed by atoms with E-state index in [-0.39, 0.29) is 12.4 Å². The fourth-order valence-electron chi connectivity index (χ4n) is 2.46. The molecule has 0 aromatic carbocycles. The minimum atomic E-state index is 0. The van der Waals surface area contributed by atoms with Crippen LogP contribution in [0.2, 0.25) is 0 Å². The molecule has 1 saturated heterocycles. The van der Waals surface area contributed by atoms with E-state index in [9.17, 15) is 0 Å². The van der Waals surface area contributed by atoms with Crippen LogP contribution in [0.3, 0.4) is 0 Å². The van der Waals surface area contributed by atoms with Gasteiger partial charge in [0.25, 0.3) is 0 Å². The second kappa shape index (κ2) is 6.55. The van der Waals surface area contributed by atoms with Crippen LogP contribution in [0.4, 0.5) is 0 Å². The second-order valence-corrected chi connectivity index (χ2v) is 5.45. The lowest BCUT2D eigenvalue weighted by atomic mass is 10.1. The van der Waals surface area contributed by atoms with Gasteiger partial charge in [-0.05, 0) is 33.8 Å². The van der Waals surface area contributed by atoms with E-state index in [0.717, 1.165) is 19.6 Å². The lowest BCUT2D eigenvalue weighted by Crippen LogP contribution is -2.53. The Kier molecular flexibility index (Phi) is 5.63. The highest BCUT2D eigenvalue weighted by Gasteiger charge is 2.23. The summed E-state index contributed by atoms with van der Waals surface area (Å²) >= 11 is 0. The molecular weight excluding hydrogens is 248 g/mol. The number of nitrogens with zero attached hydrogens (tertiary/aromatic N) is 3. The first-order valence-electron chi connectivity index (χ1n) is 6.57. The molecule has 2 unspecified atom stereocenters. The zero-order valence-corrected chi connectivity index (χ0v) is 12.6. The van der Waals surface area contributed by atoms with Crippen molar-refractivity contribution in [1.29, 1.82) is 0 Å². The number of piperazine rings is 1. The molecule has 0 spiro atoms. The van der Waals surface area contributed by atoms with Gasteiger partial charge in [-0.2, -0.15) is 5.10 Å². The Bertz CT molecular complexity index is 364. The average Bonchev–Trinajstić information content (AvgIpc) is 2.71. The van der Waals surface area contributed by atoms with Gasteiger partial charge in [0.05, 0.1) is 5.69 Å². The number of nitrogens with one attached hydrogen (secondary N) is 1. The molecule has 4 nitrogen and oxygen atoms in total. The molecule has 1 aromatic heterocycles. The summed E-state index contributed by atoms with van der Waals surface area (Å²) in [5.41, 5.74) is 1.32. The largest absolute Gasteiger partial charge is 0.311 e. The summed E-state index contributed by atoms with van der Waals surface area (Å²) in [7, 11) is 0. The predicted octanol–water partition coefficient (Wildman–Crippen LogP) is 2.07. The first-order chi connectivity index (χ1) is 8.08. The first-order valence-corrected chi connectivity index (χ1v) is 6.57. The standard InChI is InChI=1S/C13H24N4.ClH/c1-10(2)17-13(5-6-15-17)9-16-8-11(3)14-7-12(16)4;/h5-6,10-12,14H,7-9H2,1-4H3;1H. The molecule has 5 heteroatoms. The van der Waals surface area contributed by atoms with Crippen LogP contribution in [0.1, 0.15) is 39.4 Å². The van der Waals surface area contributed by atoms with E-state index in [1.807, 2.05) is 6.20 Å². The average molecular weight is 273 g/mol. The SMILES string of the molecule is CC1CN(Cc2ccnn2C(C)C)C(C)CN1.Cl. The van der Waals surface area contributed by atoms with E-state index in [4.69, 9.17) is 0 Å². The van der Waals surface area contributed by atoms with Gasteiger partial charge in [0.15, 0.2) is 0 Å². The molecular formula is C13H25ClN4. The summed E-state index contributed by atoms with van der Waals surface area (Å²) in [6.45, 7) is 12.1.